The predicted molar refractivity (Wildman–Crippen MR) is 88.2 cm³/mol. The van der Waals surface area contributed by atoms with Gasteiger partial charge in [0.2, 0.25) is 0 Å². The Labute approximate surface area is 126 Å². The molecular weight excluding hydrogens is 244 g/mol. The molecule has 0 radical (unpaired) electrons. The molecule has 118 valence electrons. The van der Waals surface area contributed by atoms with E-state index >= 15 is 0 Å². The molecule has 0 aromatic rings. The van der Waals surface area contributed by atoms with E-state index in [9.17, 15) is 0 Å². The van der Waals surface area contributed by atoms with Gasteiger partial charge in [0.25, 0.3) is 0 Å². The molecule has 0 saturated heterocycles. The molecule has 0 aromatic carbocycles. The summed E-state index contributed by atoms with van der Waals surface area (Å²) < 4.78 is 0. The van der Waals surface area contributed by atoms with Crippen LogP contribution in [-0.4, -0.2) is 37.1 Å². The van der Waals surface area contributed by atoms with Crippen molar-refractivity contribution in [2.45, 2.75) is 90.1 Å². The summed E-state index contributed by atoms with van der Waals surface area (Å²) in [5.41, 5.74) is 0.490. The van der Waals surface area contributed by atoms with Crippen molar-refractivity contribution in [3.05, 3.63) is 0 Å². The average molecular weight is 280 g/mol. The number of nitrogens with zero attached hydrogens (tertiary/aromatic N) is 1. The third kappa shape index (κ3) is 4.73. The Morgan fingerprint density at radius 1 is 0.950 bits per heavy atom. The van der Waals surface area contributed by atoms with Crippen molar-refractivity contribution in [2.75, 3.05) is 20.1 Å². The lowest BCUT2D eigenvalue weighted by molar-refractivity contribution is 0.113. The van der Waals surface area contributed by atoms with Crippen LogP contribution in [0.15, 0.2) is 0 Å². The van der Waals surface area contributed by atoms with Gasteiger partial charge in [0.15, 0.2) is 0 Å². The summed E-state index contributed by atoms with van der Waals surface area (Å²) in [7, 11) is 2.38. The summed E-state index contributed by atoms with van der Waals surface area (Å²) in [6, 6.07) is 1.69. The molecule has 0 bridgehead atoms. The average Bonchev–Trinajstić information content (AvgIpc) is 3.29. The first-order chi connectivity index (χ1) is 9.69. The van der Waals surface area contributed by atoms with Gasteiger partial charge < -0.3 is 10.2 Å². The minimum atomic E-state index is 0.490. The van der Waals surface area contributed by atoms with Gasteiger partial charge in [0, 0.05) is 25.2 Å². The van der Waals surface area contributed by atoms with Gasteiger partial charge in [-0.15, -0.1) is 0 Å². The summed E-state index contributed by atoms with van der Waals surface area (Å²) >= 11 is 0. The van der Waals surface area contributed by atoms with Crippen LogP contribution in [0.4, 0.5) is 0 Å². The standard InChI is InChI=1S/C18H36N2/c1-4-18(5-2,14-19-16-12-13-16)15-20(3)17-10-8-6-7-9-11-17/h16-17,19H,4-15H2,1-3H3. The Bertz CT molecular complexity index is 261. The quantitative estimate of drug-likeness (QED) is 0.670. The SMILES string of the molecule is CCC(CC)(CNC1CC1)CN(C)C1CCCCCC1. The van der Waals surface area contributed by atoms with Crippen LogP contribution in [0.5, 0.6) is 0 Å². The number of hydrogen-bond donors (Lipinski definition) is 1. The van der Waals surface area contributed by atoms with Crippen LogP contribution in [0.1, 0.15) is 78.1 Å². The minimum absolute atomic E-state index is 0.490. The molecule has 2 rings (SSSR count). The third-order valence-corrected chi connectivity index (χ3v) is 5.88. The molecule has 0 amide bonds. The third-order valence-electron chi connectivity index (χ3n) is 5.88. The van der Waals surface area contributed by atoms with Gasteiger partial charge in [-0.05, 0) is 51.0 Å². The van der Waals surface area contributed by atoms with Crippen LogP contribution in [0.3, 0.4) is 0 Å². The van der Waals surface area contributed by atoms with Crippen LogP contribution in [-0.2, 0) is 0 Å². The Kier molecular flexibility index (Phi) is 6.35. The van der Waals surface area contributed by atoms with E-state index in [1.807, 2.05) is 0 Å². The molecule has 0 atom stereocenters. The number of rotatable bonds is 8. The van der Waals surface area contributed by atoms with Crippen LogP contribution in [0.25, 0.3) is 0 Å². The van der Waals surface area contributed by atoms with E-state index in [1.165, 1.54) is 77.3 Å². The largest absolute Gasteiger partial charge is 0.313 e. The van der Waals surface area contributed by atoms with Crippen LogP contribution >= 0.6 is 0 Å². The lowest BCUT2D eigenvalue weighted by Crippen LogP contribution is -2.46. The monoisotopic (exact) mass is 280 g/mol. The maximum Gasteiger partial charge on any atom is 0.00924 e. The first kappa shape index (κ1) is 16.3. The van der Waals surface area contributed by atoms with Gasteiger partial charge in [0.05, 0.1) is 0 Å². The fourth-order valence-corrected chi connectivity index (χ4v) is 3.78. The second-order valence-electron chi connectivity index (χ2n) is 7.42. The zero-order valence-electron chi connectivity index (χ0n) is 14.1. The van der Waals surface area contributed by atoms with Crippen LogP contribution in [0.2, 0.25) is 0 Å². The first-order valence-electron chi connectivity index (χ1n) is 9.13. The molecule has 0 aromatic heterocycles. The highest BCUT2D eigenvalue weighted by Crippen LogP contribution is 2.31. The van der Waals surface area contributed by atoms with Crippen molar-refractivity contribution >= 4 is 0 Å². The highest BCUT2D eigenvalue weighted by Gasteiger charge is 2.32. The summed E-state index contributed by atoms with van der Waals surface area (Å²) in [6.07, 6.45) is 14.1. The van der Waals surface area contributed by atoms with Crippen molar-refractivity contribution in [1.29, 1.82) is 0 Å². The van der Waals surface area contributed by atoms with E-state index in [1.54, 1.807) is 0 Å². The zero-order chi connectivity index (χ0) is 14.4. The number of nitrogens with one attached hydrogen (secondary N) is 1. The second-order valence-corrected chi connectivity index (χ2v) is 7.42. The van der Waals surface area contributed by atoms with Crippen LogP contribution in [0, 0.1) is 5.41 Å². The lowest BCUT2D eigenvalue weighted by Gasteiger charge is -2.39. The Morgan fingerprint density at radius 3 is 2.05 bits per heavy atom. The highest BCUT2D eigenvalue weighted by molar-refractivity contribution is 4.89. The van der Waals surface area contributed by atoms with Gasteiger partial charge in [0.1, 0.15) is 0 Å². The molecule has 0 unspecified atom stereocenters. The molecule has 1 N–H and O–H groups in total. The molecule has 0 spiro atoms. The second kappa shape index (κ2) is 7.79. The summed E-state index contributed by atoms with van der Waals surface area (Å²) in [5, 5.41) is 3.79. The molecule has 2 fully saturated rings. The van der Waals surface area contributed by atoms with Crippen molar-refractivity contribution in [1.82, 2.24) is 10.2 Å². The van der Waals surface area contributed by atoms with Crippen molar-refractivity contribution < 1.29 is 0 Å². The van der Waals surface area contributed by atoms with Crippen molar-refractivity contribution in [2.24, 2.45) is 5.41 Å². The van der Waals surface area contributed by atoms with Gasteiger partial charge in [-0.1, -0.05) is 39.5 Å². The van der Waals surface area contributed by atoms with Crippen LogP contribution < -0.4 is 5.32 Å². The van der Waals surface area contributed by atoms with Gasteiger partial charge in [-0.3, -0.25) is 0 Å². The van der Waals surface area contributed by atoms with E-state index in [-0.39, 0.29) is 0 Å². The van der Waals surface area contributed by atoms with E-state index < -0.39 is 0 Å². The summed E-state index contributed by atoms with van der Waals surface area (Å²) in [5.74, 6) is 0. The number of hydrogen-bond acceptors (Lipinski definition) is 2. The smallest absolute Gasteiger partial charge is 0.00924 e. The molecule has 2 aliphatic carbocycles. The maximum atomic E-state index is 3.79. The Balaban J connectivity index is 1.87. The highest BCUT2D eigenvalue weighted by atomic mass is 15.1. The van der Waals surface area contributed by atoms with Crippen molar-refractivity contribution in [3.8, 4) is 0 Å². The molecule has 2 saturated carbocycles. The van der Waals surface area contributed by atoms with Gasteiger partial charge in [-0.25, -0.2) is 0 Å². The fourth-order valence-electron chi connectivity index (χ4n) is 3.78. The topological polar surface area (TPSA) is 15.3 Å². The van der Waals surface area contributed by atoms with E-state index in [0.717, 1.165) is 12.1 Å². The molecule has 2 aliphatic rings. The van der Waals surface area contributed by atoms with E-state index in [2.05, 4.69) is 31.1 Å². The molecule has 0 aliphatic heterocycles. The lowest BCUT2D eigenvalue weighted by atomic mass is 9.81. The predicted octanol–water partition coefficient (Wildman–Crippen LogP) is 4.20. The summed E-state index contributed by atoms with van der Waals surface area (Å²) in [4.78, 5) is 2.70. The first-order valence-corrected chi connectivity index (χ1v) is 9.13. The molecule has 0 heterocycles. The van der Waals surface area contributed by atoms with Gasteiger partial charge in [-0.2, -0.15) is 0 Å². The van der Waals surface area contributed by atoms with E-state index in [0.29, 0.717) is 5.41 Å². The normalized spacial score (nSPS) is 22.2. The van der Waals surface area contributed by atoms with Gasteiger partial charge >= 0.3 is 0 Å². The molecule has 20 heavy (non-hydrogen) atoms. The Morgan fingerprint density at radius 2 is 1.55 bits per heavy atom. The summed E-state index contributed by atoms with van der Waals surface area (Å²) in [6.45, 7) is 7.28. The molecule has 2 nitrogen and oxygen atoms in total. The maximum absolute atomic E-state index is 3.79. The molecule has 2 heteroatoms. The van der Waals surface area contributed by atoms with Crippen molar-refractivity contribution in [3.63, 3.8) is 0 Å². The fraction of sp³-hybridized carbons (Fsp3) is 1.00. The molecular formula is C18H36N2. The zero-order valence-corrected chi connectivity index (χ0v) is 14.1. The van der Waals surface area contributed by atoms with E-state index in [4.69, 9.17) is 0 Å². The Hall–Kier alpha value is -0.0800. The minimum Gasteiger partial charge on any atom is -0.313 e.